The van der Waals surface area contributed by atoms with E-state index >= 15 is 0 Å². The molecule has 3 aliphatic rings. The highest BCUT2D eigenvalue weighted by Crippen LogP contribution is 2.25. The molecular formula is C21H25N3O4S. The van der Waals surface area contributed by atoms with Crippen LogP contribution in [0.25, 0.3) is 0 Å². The van der Waals surface area contributed by atoms with Gasteiger partial charge in [0.2, 0.25) is 0 Å². The first-order valence-electron chi connectivity index (χ1n) is 9.80. The molecule has 8 heteroatoms. The maximum atomic E-state index is 12.9. The van der Waals surface area contributed by atoms with Gasteiger partial charge in [-0.25, -0.2) is 0 Å². The molecule has 0 N–H and O–H groups in total. The summed E-state index contributed by atoms with van der Waals surface area (Å²) in [5.74, 6) is 0.999. The first kappa shape index (κ1) is 19.9. The van der Waals surface area contributed by atoms with E-state index in [9.17, 15) is 8.42 Å². The second-order valence-electron chi connectivity index (χ2n) is 6.92. The summed E-state index contributed by atoms with van der Waals surface area (Å²) in [6, 6.07) is 8.32. The van der Waals surface area contributed by atoms with Crippen LogP contribution in [0.5, 0.6) is 0 Å². The number of allylic oxidation sites excluding steroid dienone is 5. The summed E-state index contributed by atoms with van der Waals surface area (Å²) in [6.45, 7) is 5.62. The summed E-state index contributed by atoms with van der Waals surface area (Å²) in [5, 5.41) is 0. The molecule has 0 radical (unpaired) electrons. The largest absolute Gasteiger partial charge is 0.378 e. The molecule has 0 amide bonds. The zero-order valence-corrected chi connectivity index (χ0v) is 17.1. The van der Waals surface area contributed by atoms with Gasteiger partial charge < -0.3 is 19.3 Å². The van der Waals surface area contributed by atoms with E-state index in [1.807, 2.05) is 18.2 Å². The van der Waals surface area contributed by atoms with Gasteiger partial charge in [0, 0.05) is 31.8 Å². The lowest BCUT2D eigenvalue weighted by molar-refractivity contribution is 0.00823. The van der Waals surface area contributed by atoms with Gasteiger partial charge in [-0.15, -0.1) is 0 Å². The fourth-order valence-corrected chi connectivity index (χ4v) is 4.63. The lowest BCUT2D eigenvalue weighted by atomic mass is 10.0. The third-order valence-electron chi connectivity index (χ3n) is 5.03. The fourth-order valence-electron chi connectivity index (χ4n) is 3.61. The molecular weight excluding hydrogens is 390 g/mol. The van der Waals surface area contributed by atoms with E-state index in [-0.39, 0.29) is 4.90 Å². The van der Waals surface area contributed by atoms with Gasteiger partial charge in [-0.3, -0.25) is 0 Å². The molecule has 0 aromatic heterocycles. The predicted octanol–water partition coefficient (Wildman–Crippen LogP) is 1.82. The van der Waals surface area contributed by atoms with Crippen molar-refractivity contribution in [1.82, 2.24) is 9.80 Å². The van der Waals surface area contributed by atoms with E-state index in [1.54, 1.807) is 36.4 Å². The minimum absolute atomic E-state index is 0.189. The Bertz CT molecular complexity index is 919. The average Bonchev–Trinajstić information content (AvgIpc) is 2.77. The molecule has 2 saturated heterocycles. The summed E-state index contributed by atoms with van der Waals surface area (Å²) in [4.78, 5) is 4.71. The number of sulfonamides is 1. The second-order valence-corrected chi connectivity index (χ2v) is 8.52. The van der Waals surface area contributed by atoms with Crippen LogP contribution < -0.4 is 0 Å². The van der Waals surface area contributed by atoms with Gasteiger partial charge in [0.1, 0.15) is 5.82 Å². The van der Waals surface area contributed by atoms with Crippen molar-refractivity contribution < 1.29 is 17.9 Å². The monoisotopic (exact) mass is 415 g/mol. The van der Waals surface area contributed by atoms with E-state index in [4.69, 9.17) is 9.47 Å². The number of hydrogen-bond acceptors (Lipinski definition) is 6. The molecule has 1 aromatic rings. The molecule has 0 saturated carbocycles. The highest BCUT2D eigenvalue weighted by atomic mass is 32.2. The molecule has 29 heavy (non-hydrogen) atoms. The quantitative estimate of drug-likeness (QED) is 0.747. The van der Waals surface area contributed by atoms with Gasteiger partial charge in [0.15, 0.2) is 0 Å². The number of rotatable bonds is 4. The highest BCUT2D eigenvalue weighted by Gasteiger charge is 2.27. The number of hydrogen-bond donors (Lipinski definition) is 0. The Morgan fingerprint density at radius 1 is 0.828 bits per heavy atom. The highest BCUT2D eigenvalue weighted by molar-refractivity contribution is 7.90. The summed E-state index contributed by atoms with van der Waals surface area (Å²) >= 11 is 0. The SMILES string of the molecule is O=S(=O)(N=C1C=CC=CC1=C(N1CCOCC1)N1CCOCC1)c1ccccc1. The molecule has 1 aliphatic carbocycles. The summed E-state index contributed by atoms with van der Waals surface area (Å²) in [6.07, 6.45) is 7.44. The van der Waals surface area contributed by atoms with Crippen molar-refractivity contribution in [2.45, 2.75) is 4.90 Å². The van der Waals surface area contributed by atoms with Crippen molar-refractivity contribution in [3.63, 3.8) is 0 Å². The van der Waals surface area contributed by atoms with E-state index in [1.165, 1.54) is 0 Å². The van der Waals surface area contributed by atoms with Gasteiger partial charge in [0.05, 0.1) is 37.0 Å². The first-order valence-corrected chi connectivity index (χ1v) is 11.2. The Kier molecular flexibility index (Phi) is 6.13. The van der Waals surface area contributed by atoms with Crippen LogP contribution in [0, 0.1) is 0 Å². The maximum Gasteiger partial charge on any atom is 0.282 e. The van der Waals surface area contributed by atoms with Crippen LogP contribution in [0.4, 0.5) is 0 Å². The minimum Gasteiger partial charge on any atom is -0.378 e. The van der Waals surface area contributed by atoms with Gasteiger partial charge in [0.25, 0.3) is 10.0 Å². The Balaban J connectivity index is 1.79. The summed E-state index contributed by atoms with van der Waals surface area (Å²) in [5.41, 5.74) is 1.26. The lowest BCUT2D eigenvalue weighted by Crippen LogP contribution is -2.47. The van der Waals surface area contributed by atoms with E-state index in [2.05, 4.69) is 14.2 Å². The van der Waals surface area contributed by atoms with Crippen LogP contribution in [-0.2, 0) is 19.5 Å². The van der Waals surface area contributed by atoms with E-state index < -0.39 is 10.0 Å². The topological polar surface area (TPSA) is 71.4 Å². The zero-order valence-electron chi connectivity index (χ0n) is 16.2. The molecule has 0 unspecified atom stereocenters. The molecule has 1 aromatic carbocycles. The third-order valence-corrected chi connectivity index (χ3v) is 6.33. The Morgan fingerprint density at radius 2 is 1.38 bits per heavy atom. The van der Waals surface area contributed by atoms with Crippen molar-refractivity contribution in [1.29, 1.82) is 0 Å². The lowest BCUT2D eigenvalue weighted by Gasteiger charge is -2.41. The number of morpholine rings is 2. The normalized spacial score (nSPS) is 21.7. The molecule has 154 valence electrons. The van der Waals surface area contributed by atoms with Gasteiger partial charge in [-0.05, 0) is 24.3 Å². The smallest absolute Gasteiger partial charge is 0.282 e. The zero-order chi connectivity index (χ0) is 20.1. The first-order chi connectivity index (χ1) is 14.1. The summed E-state index contributed by atoms with van der Waals surface area (Å²) < 4.78 is 41.0. The fraction of sp³-hybridized carbons (Fsp3) is 0.381. The third kappa shape index (κ3) is 4.60. The molecule has 0 bridgehead atoms. The van der Waals surface area contributed by atoms with Crippen molar-refractivity contribution >= 4 is 15.7 Å². The van der Waals surface area contributed by atoms with Crippen LogP contribution in [-0.4, -0.2) is 76.5 Å². The number of nitrogens with zero attached hydrogens (tertiary/aromatic N) is 3. The molecule has 4 rings (SSSR count). The molecule has 2 heterocycles. The minimum atomic E-state index is -3.81. The van der Waals surface area contributed by atoms with Crippen molar-refractivity contribution in [3.8, 4) is 0 Å². The molecule has 7 nitrogen and oxygen atoms in total. The van der Waals surface area contributed by atoms with E-state index in [0.717, 1.165) is 37.6 Å². The second kappa shape index (κ2) is 8.94. The van der Waals surface area contributed by atoms with Gasteiger partial charge in [-0.1, -0.05) is 30.4 Å². The number of ether oxygens (including phenoxy) is 2. The molecule has 0 spiro atoms. The Hall–Kier alpha value is -2.42. The van der Waals surface area contributed by atoms with Crippen molar-refractivity contribution in [2.24, 2.45) is 4.40 Å². The van der Waals surface area contributed by atoms with Crippen molar-refractivity contribution in [2.75, 3.05) is 52.6 Å². The Labute approximate surface area is 171 Å². The average molecular weight is 416 g/mol. The molecule has 0 atom stereocenters. The predicted molar refractivity (Wildman–Crippen MR) is 111 cm³/mol. The van der Waals surface area contributed by atoms with Gasteiger partial charge in [-0.2, -0.15) is 12.8 Å². The van der Waals surface area contributed by atoms with Crippen LogP contribution in [0.15, 0.2) is 75.3 Å². The van der Waals surface area contributed by atoms with Gasteiger partial charge >= 0.3 is 0 Å². The van der Waals surface area contributed by atoms with Crippen LogP contribution >= 0.6 is 0 Å². The van der Waals surface area contributed by atoms with Crippen LogP contribution in [0.1, 0.15) is 0 Å². The number of benzene rings is 1. The molecule has 2 fully saturated rings. The maximum absolute atomic E-state index is 12.9. The van der Waals surface area contributed by atoms with Crippen LogP contribution in [0.2, 0.25) is 0 Å². The Morgan fingerprint density at radius 3 is 1.97 bits per heavy atom. The van der Waals surface area contributed by atoms with Crippen molar-refractivity contribution in [3.05, 3.63) is 66.0 Å². The standard InChI is InChI=1S/C21H25N3O4S/c25-29(26,18-6-2-1-3-7-18)22-20-9-5-4-8-19(20)21(23-10-14-27-15-11-23)24-12-16-28-17-13-24/h1-9H,10-17H2. The van der Waals surface area contributed by atoms with Crippen LogP contribution in [0.3, 0.4) is 0 Å². The summed E-state index contributed by atoms with van der Waals surface area (Å²) in [7, 11) is -3.81. The molecule has 2 aliphatic heterocycles. The van der Waals surface area contributed by atoms with E-state index in [0.29, 0.717) is 32.1 Å².